The van der Waals surface area contributed by atoms with Crippen LogP contribution in [-0.2, 0) is 19.4 Å². The van der Waals surface area contributed by atoms with E-state index in [4.69, 9.17) is 5.73 Å². The summed E-state index contributed by atoms with van der Waals surface area (Å²) in [6.07, 6.45) is 0.347. The van der Waals surface area contributed by atoms with Gasteiger partial charge in [0.15, 0.2) is 9.84 Å². The van der Waals surface area contributed by atoms with Crippen molar-refractivity contribution in [2.24, 2.45) is 5.73 Å². The number of nitrogens with two attached hydrogens (primary N) is 1. The van der Waals surface area contributed by atoms with Crippen molar-refractivity contribution in [1.29, 1.82) is 0 Å². The molecule has 1 rings (SSSR count). The lowest BCUT2D eigenvalue weighted by Gasteiger charge is -2.28. The van der Waals surface area contributed by atoms with E-state index in [9.17, 15) is 18.0 Å². The zero-order valence-corrected chi connectivity index (χ0v) is 8.74. The van der Waals surface area contributed by atoms with Gasteiger partial charge >= 0.3 is 0 Å². The van der Waals surface area contributed by atoms with Gasteiger partial charge in [0.2, 0.25) is 12.3 Å². The Labute approximate surface area is 82.0 Å². The number of hydrogen-bond donors (Lipinski definition) is 1. The maximum absolute atomic E-state index is 11.6. The molecule has 1 heterocycles. The predicted molar refractivity (Wildman–Crippen MR) is 48.8 cm³/mol. The number of carbonyl (C=O) groups excluding carboxylic acids is 2. The van der Waals surface area contributed by atoms with Gasteiger partial charge < -0.3 is 10.6 Å². The van der Waals surface area contributed by atoms with Crippen molar-refractivity contribution in [3.8, 4) is 0 Å². The van der Waals surface area contributed by atoms with E-state index in [1.54, 1.807) is 0 Å². The fraction of sp³-hybridized carbons (Fsp3) is 0.714. The zero-order chi connectivity index (χ0) is 11.1. The normalized spacial score (nSPS) is 28.7. The second kappa shape index (κ2) is 2.94. The summed E-state index contributed by atoms with van der Waals surface area (Å²) in [5.41, 5.74) is 5.00. The molecule has 1 fully saturated rings. The first-order chi connectivity index (χ1) is 6.24. The molecule has 1 aliphatic rings. The van der Waals surface area contributed by atoms with Crippen molar-refractivity contribution in [3.05, 3.63) is 0 Å². The highest BCUT2D eigenvalue weighted by atomic mass is 32.2. The summed E-state index contributed by atoms with van der Waals surface area (Å²) in [6, 6.07) is -1.05. The van der Waals surface area contributed by atoms with Gasteiger partial charge in [-0.25, -0.2) is 8.42 Å². The monoisotopic (exact) mass is 220 g/mol. The van der Waals surface area contributed by atoms with Crippen LogP contribution in [0.4, 0.5) is 0 Å². The molecule has 2 amide bonds. The molecule has 1 unspecified atom stereocenters. The van der Waals surface area contributed by atoms with Crippen LogP contribution in [0, 0.1) is 0 Å². The number of primary amides is 1. The maximum Gasteiger partial charge on any atom is 0.241 e. The second-order valence-electron chi connectivity index (χ2n) is 3.66. The maximum atomic E-state index is 11.6. The fourth-order valence-corrected chi connectivity index (χ4v) is 3.09. The standard InChI is InChI=1S/C7H12N2O4S/c1-7(2)9(4-10)5(6(8)11)3-14(7,12)13/h4-5H,3H2,1-2H3,(H2,8,11). The molecular formula is C7H12N2O4S. The lowest BCUT2D eigenvalue weighted by molar-refractivity contribution is -0.131. The molecule has 1 saturated heterocycles. The minimum absolute atomic E-state index is 0.347. The molecule has 6 nitrogen and oxygen atoms in total. The van der Waals surface area contributed by atoms with Crippen LogP contribution in [0.2, 0.25) is 0 Å². The summed E-state index contributed by atoms with van der Waals surface area (Å²) in [4.78, 5) is 21.2. The largest absolute Gasteiger partial charge is 0.368 e. The van der Waals surface area contributed by atoms with Gasteiger partial charge in [-0.1, -0.05) is 0 Å². The first-order valence-corrected chi connectivity index (χ1v) is 5.64. The van der Waals surface area contributed by atoms with Crippen molar-refractivity contribution in [3.63, 3.8) is 0 Å². The van der Waals surface area contributed by atoms with Gasteiger partial charge in [-0.3, -0.25) is 9.59 Å². The number of hydrogen-bond acceptors (Lipinski definition) is 4. The van der Waals surface area contributed by atoms with E-state index in [1.807, 2.05) is 0 Å². The Morgan fingerprint density at radius 3 is 2.36 bits per heavy atom. The highest BCUT2D eigenvalue weighted by molar-refractivity contribution is 7.93. The van der Waals surface area contributed by atoms with Crippen LogP contribution in [0.5, 0.6) is 0 Å². The Kier molecular flexibility index (Phi) is 2.31. The average molecular weight is 220 g/mol. The molecule has 0 aromatic carbocycles. The summed E-state index contributed by atoms with van der Waals surface area (Å²) in [5.74, 6) is -1.19. The number of rotatable bonds is 2. The molecule has 0 saturated carbocycles. The van der Waals surface area contributed by atoms with Crippen LogP contribution in [-0.4, -0.2) is 42.3 Å². The molecule has 7 heteroatoms. The van der Waals surface area contributed by atoms with Crippen LogP contribution < -0.4 is 5.73 Å². The van der Waals surface area contributed by atoms with Gasteiger partial charge in [-0.05, 0) is 13.8 Å². The van der Waals surface area contributed by atoms with Gasteiger partial charge in [-0.15, -0.1) is 0 Å². The van der Waals surface area contributed by atoms with E-state index in [1.165, 1.54) is 13.8 Å². The summed E-state index contributed by atoms with van der Waals surface area (Å²) in [5, 5.41) is 0. The SMILES string of the molecule is CC1(C)N(C=O)C(C(N)=O)CS1(=O)=O. The molecule has 0 bridgehead atoms. The van der Waals surface area contributed by atoms with Gasteiger partial charge in [0.25, 0.3) is 0 Å². The van der Waals surface area contributed by atoms with E-state index < -0.39 is 32.4 Å². The zero-order valence-electron chi connectivity index (χ0n) is 7.93. The Morgan fingerprint density at radius 1 is 1.57 bits per heavy atom. The third-order valence-corrected chi connectivity index (χ3v) is 5.03. The topological polar surface area (TPSA) is 97.5 Å². The van der Waals surface area contributed by atoms with Crippen LogP contribution in [0.15, 0.2) is 0 Å². The molecule has 2 N–H and O–H groups in total. The molecule has 0 aromatic heterocycles. The summed E-state index contributed by atoms with van der Waals surface area (Å²) in [7, 11) is -3.49. The van der Waals surface area contributed by atoms with Gasteiger partial charge in [0, 0.05) is 0 Å². The molecule has 1 atom stereocenters. The third-order valence-electron chi connectivity index (χ3n) is 2.54. The third kappa shape index (κ3) is 1.28. The van der Waals surface area contributed by atoms with E-state index in [2.05, 4.69) is 0 Å². The Balaban J connectivity index is 3.23. The van der Waals surface area contributed by atoms with Crippen molar-refractivity contribution in [1.82, 2.24) is 4.90 Å². The molecule has 0 spiro atoms. The molecule has 0 radical (unpaired) electrons. The van der Waals surface area contributed by atoms with Crippen molar-refractivity contribution < 1.29 is 18.0 Å². The minimum atomic E-state index is -3.49. The lowest BCUT2D eigenvalue weighted by atomic mass is 10.2. The number of amides is 2. The average Bonchev–Trinajstić information content (AvgIpc) is 2.19. The number of nitrogens with zero attached hydrogens (tertiary/aromatic N) is 1. The van der Waals surface area contributed by atoms with Gasteiger partial charge in [0.1, 0.15) is 10.9 Å². The second-order valence-corrected chi connectivity index (χ2v) is 6.22. The molecular weight excluding hydrogens is 208 g/mol. The fourth-order valence-electron chi connectivity index (χ4n) is 1.45. The van der Waals surface area contributed by atoms with Crippen LogP contribution >= 0.6 is 0 Å². The molecule has 0 aliphatic carbocycles. The number of carbonyl (C=O) groups is 2. The smallest absolute Gasteiger partial charge is 0.241 e. The summed E-state index contributed by atoms with van der Waals surface area (Å²) in [6.45, 7) is 2.75. The Bertz CT molecular complexity index is 373. The van der Waals surface area contributed by atoms with E-state index in [-0.39, 0.29) is 0 Å². The summed E-state index contributed by atoms with van der Waals surface area (Å²) >= 11 is 0. The highest BCUT2D eigenvalue weighted by Crippen LogP contribution is 2.31. The molecule has 0 aromatic rings. The summed E-state index contributed by atoms with van der Waals surface area (Å²) < 4.78 is 23.1. The highest BCUT2D eigenvalue weighted by Gasteiger charge is 2.53. The van der Waals surface area contributed by atoms with Gasteiger partial charge in [-0.2, -0.15) is 0 Å². The van der Waals surface area contributed by atoms with Gasteiger partial charge in [0.05, 0.1) is 5.75 Å². The molecule has 80 valence electrons. The van der Waals surface area contributed by atoms with Crippen molar-refractivity contribution >= 4 is 22.2 Å². The van der Waals surface area contributed by atoms with E-state index in [0.29, 0.717) is 6.41 Å². The van der Waals surface area contributed by atoms with Crippen LogP contribution in [0.25, 0.3) is 0 Å². The Morgan fingerprint density at radius 2 is 2.07 bits per heavy atom. The lowest BCUT2D eigenvalue weighted by Crippen LogP contribution is -2.49. The molecule has 1 aliphatic heterocycles. The van der Waals surface area contributed by atoms with Crippen LogP contribution in [0.3, 0.4) is 0 Å². The quantitative estimate of drug-likeness (QED) is 0.570. The first kappa shape index (κ1) is 11.0. The predicted octanol–water partition coefficient (Wildman–Crippen LogP) is -1.54. The molecule has 14 heavy (non-hydrogen) atoms. The number of sulfone groups is 1. The first-order valence-electron chi connectivity index (χ1n) is 3.99. The Hall–Kier alpha value is -1.11. The van der Waals surface area contributed by atoms with Crippen LogP contribution in [0.1, 0.15) is 13.8 Å². The van der Waals surface area contributed by atoms with Crippen molar-refractivity contribution in [2.45, 2.75) is 24.8 Å². The van der Waals surface area contributed by atoms with Crippen molar-refractivity contribution in [2.75, 3.05) is 5.75 Å². The van der Waals surface area contributed by atoms with E-state index >= 15 is 0 Å². The minimum Gasteiger partial charge on any atom is -0.368 e. The van der Waals surface area contributed by atoms with E-state index in [0.717, 1.165) is 4.90 Å².